The van der Waals surface area contributed by atoms with Crippen molar-refractivity contribution in [2.24, 2.45) is 0 Å². The number of nitrogens with zero attached hydrogens (tertiary/aromatic N) is 2. The minimum atomic E-state index is 0.551. The third-order valence-electron chi connectivity index (χ3n) is 3.37. The summed E-state index contributed by atoms with van der Waals surface area (Å²) in [7, 11) is 0. The van der Waals surface area contributed by atoms with Crippen LogP contribution in [0.2, 0.25) is 0 Å². The van der Waals surface area contributed by atoms with Gasteiger partial charge in [-0.2, -0.15) is 0 Å². The van der Waals surface area contributed by atoms with Crippen molar-refractivity contribution in [3.8, 4) is 11.1 Å². The van der Waals surface area contributed by atoms with Crippen LogP contribution in [-0.4, -0.2) is 16.3 Å². The highest BCUT2D eigenvalue weighted by molar-refractivity contribution is 5.89. The summed E-state index contributed by atoms with van der Waals surface area (Å²) in [6, 6.07) is 17.6. The van der Waals surface area contributed by atoms with E-state index in [9.17, 15) is 4.79 Å². The lowest BCUT2D eigenvalue weighted by atomic mass is 9.94. The molecule has 3 rings (SSSR count). The van der Waals surface area contributed by atoms with Gasteiger partial charge in [0.25, 0.3) is 0 Å². The molecule has 0 amide bonds. The Morgan fingerprint density at radius 2 is 1.62 bits per heavy atom. The highest BCUT2D eigenvalue weighted by Crippen LogP contribution is 2.25. The van der Waals surface area contributed by atoms with Crippen molar-refractivity contribution in [1.82, 2.24) is 9.97 Å². The predicted molar refractivity (Wildman–Crippen MR) is 82.1 cm³/mol. The summed E-state index contributed by atoms with van der Waals surface area (Å²) in [4.78, 5) is 20.0. The largest absolute Gasteiger partial charge is 0.298 e. The molecule has 0 bridgehead atoms. The Bertz CT molecular complexity index is 740. The van der Waals surface area contributed by atoms with Crippen LogP contribution in [0, 0.1) is 0 Å². The Morgan fingerprint density at radius 1 is 0.857 bits per heavy atom. The van der Waals surface area contributed by atoms with Gasteiger partial charge in [0, 0.05) is 24.4 Å². The van der Waals surface area contributed by atoms with Crippen LogP contribution < -0.4 is 0 Å². The number of benzene rings is 2. The van der Waals surface area contributed by atoms with Crippen LogP contribution in [0.1, 0.15) is 21.7 Å². The Labute approximate surface area is 123 Å². The highest BCUT2D eigenvalue weighted by Gasteiger charge is 2.10. The summed E-state index contributed by atoms with van der Waals surface area (Å²) < 4.78 is 0. The van der Waals surface area contributed by atoms with Crippen molar-refractivity contribution >= 4 is 6.29 Å². The SMILES string of the molecule is O=Cc1c(Cc2ncccn2)cccc1-c1ccccc1. The molecule has 21 heavy (non-hydrogen) atoms. The van der Waals surface area contributed by atoms with Gasteiger partial charge in [-0.3, -0.25) is 4.79 Å². The third kappa shape index (κ3) is 2.87. The van der Waals surface area contributed by atoms with Gasteiger partial charge in [-0.1, -0.05) is 48.5 Å². The fourth-order valence-electron chi connectivity index (χ4n) is 2.37. The molecule has 0 aliphatic rings. The summed E-state index contributed by atoms with van der Waals surface area (Å²) in [6.45, 7) is 0. The van der Waals surface area contributed by atoms with E-state index in [0.29, 0.717) is 17.8 Å². The monoisotopic (exact) mass is 274 g/mol. The number of hydrogen-bond acceptors (Lipinski definition) is 3. The number of aldehydes is 1. The molecule has 0 spiro atoms. The van der Waals surface area contributed by atoms with Crippen molar-refractivity contribution in [2.75, 3.05) is 0 Å². The maximum Gasteiger partial charge on any atom is 0.150 e. The summed E-state index contributed by atoms with van der Waals surface area (Å²) in [5.41, 5.74) is 3.63. The van der Waals surface area contributed by atoms with Gasteiger partial charge < -0.3 is 0 Å². The van der Waals surface area contributed by atoms with E-state index in [-0.39, 0.29) is 0 Å². The minimum absolute atomic E-state index is 0.551. The Hall–Kier alpha value is -2.81. The number of carbonyl (C=O) groups excluding carboxylic acids is 1. The van der Waals surface area contributed by atoms with Gasteiger partial charge in [-0.05, 0) is 22.8 Å². The summed E-state index contributed by atoms with van der Waals surface area (Å²) in [6.07, 6.45) is 4.89. The third-order valence-corrected chi connectivity index (χ3v) is 3.37. The number of hydrogen-bond donors (Lipinski definition) is 0. The standard InChI is InChI=1S/C18H14N2O/c21-13-17-15(12-18-19-10-5-11-20-18)8-4-9-16(17)14-6-2-1-3-7-14/h1-11,13H,12H2. The van der Waals surface area contributed by atoms with Crippen LogP contribution in [0.3, 0.4) is 0 Å². The van der Waals surface area contributed by atoms with Gasteiger partial charge in [0.1, 0.15) is 5.82 Å². The first kappa shape index (κ1) is 13.2. The summed E-state index contributed by atoms with van der Waals surface area (Å²) >= 11 is 0. The minimum Gasteiger partial charge on any atom is -0.298 e. The first-order valence-corrected chi connectivity index (χ1v) is 6.77. The molecule has 3 nitrogen and oxygen atoms in total. The van der Waals surface area contributed by atoms with E-state index in [1.54, 1.807) is 18.5 Å². The quantitative estimate of drug-likeness (QED) is 0.683. The average Bonchev–Trinajstić information content (AvgIpc) is 2.56. The van der Waals surface area contributed by atoms with E-state index in [0.717, 1.165) is 23.0 Å². The normalized spacial score (nSPS) is 10.3. The van der Waals surface area contributed by atoms with E-state index >= 15 is 0 Å². The number of aromatic nitrogens is 2. The molecule has 0 aliphatic heterocycles. The molecule has 0 aliphatic carbocycles. The second-order valence-electron chi connectivity index (χ2n) is 4.70. The van der Waals surface area contributed by atoms with E-state index in [1.807, 2.05) is 48.5 Å². The number of carbonyl (C=O) groups is 1. The molecular formula is C18H14N2O. The van der Waals surface area contributed by atoms with E-state index in [4.69, 9.17) is 0 Å². The second-order valence-corrected chi connectivity index (χ2v) is 4.70. The van der Waals surface area contributed by atoms with Crippen molar-refractivity contribution in [3.63, 3.8) is 0 Å². The van der Waals surface area contributed by atoms with Crippen LogP contribution in [0.4, 0.5) is 0 Å². The van der Waals surface area contributed by atoms with Crippen LogP contribution in [0.25, 0.3) is 11.1 Å². The lowest BCUT2D eigenvalue weighted by Gasteiger charge is -2.10. The molecule has 0 atom stereocenters. The van der Waals surface area contributed by atoms with E-state index < -0.39 is 0 Å². The van der Waals surface area contributed by atoms with E-state index in [1.165, 1.54) is 0 Å². The van der Waals surface area contributed by atoms with Crippen molar-refractivity contribution < 1.29 is 4.79 Å². The molecule has 3 heteroatoms. The first-order chi connectivity index (χ1) is 10.4. The second kappa shape index (κ2) is 6.09. The van der Waals surface area contributed by atoms with Crippen molar-refractivity contribution in [1.29, 1.82) is 0 Å². The smallest absolute Gasteiger partial charge is 0.150 e. The molecule has 0 unspecified atom stereocenters. The van der Waals surface area contributed by atoms with Gasteiger partial charge >= 0.3 is 0 Å². The lowest BCUT2D eigenvalue weighted by Crippen LogP contribution is -2.00. The zero-order valence-electron chi connectivity index (χ0n) is 11.4. The Kier molecular flexibility index (Phi) is 3.83. The molecule has 0 radical (unpaired) electrons. The van der Waals surface area contributed by atoms with Crippen LogP contribution in [-0.2, 0) is 6.42 Å². The molecule has 0 fully saturated rings. The fourth-order valence-corrected chi connectivity index (χ4v) is 2.37. The van der Waals surface area contributed by atoms with E-state index in [2.05, 4.69) is 9.97 Å². The van der Waals surface area contributed by atoms with Crippen LogP contribution in [0.15, 0.2) is 67.0 Å². The maximum atomic E-state index is 11.6. The molecule has 0 saturated heterocycles. The highest BCUT2D eigenvalue weighted by atomic mass is 16.1. The zero-order chi connectivity index (χ0) is 14.5. The van der Waals surface area contributed by atoms with Gasteiger partial charge in [0.2, 0.25) is 0 Å². The van der Waals surface area contributed by atoms with Crippen LogP contribution >= 0.6 is 0 Å². The van der Waals surface area contributed by atoms with Crippen molar-refractivity contribution in [2.45, 2.75) is 6.42 Å². The zero-order valence-corrected chi connectivity index (χ0v) is 11.4. The first-order valence-electron chi connectivity index (χ1n) is 6.77. The molecule has 0 N–H and O–H groups in total. The molecular weight excluding hydrogens is 260 g/mol. The van der Waals surface area contributed by atoms with Gasteiger partial charge in [-0.15, -0.1) is 0 Å². The molecule has 102 valence electrons. The topological polar surface area (TPSA) is 42.9 Å². The Morgan fingerprint density at radius 3 is 2.33 bits per heavy atom. The molecule has 1 heterocycles. The average molecular weight is 274 g/mol. The molecule has 1 aromatic heterocycles. The van der Waals surface area contributed by atoms with Gasteiger partial charge in [0.05, 0.1) is 0 Å². The predicted octanol–water partition coefficient (Wildman–Crippen LogP) is 3.55. The lowest BCUT2D eigenvalue weighted by molar-refractivity contribution is 0.112. The molecule has 0 saturated carbocycles. The summed E-state index contributed by atoms with van der Waals surface area (Å²) in [5, 5.41) is 0. The molecule has 2 aromatic carbocycles. The van der Waals surface area contributed by atoms with Crippen LogP contribution in [0.5, 0.6) is 0 Å². The van der Waals surface area contributed by atoms with Crippen molar-refractivity contribution in [3.05, 3.63) is 83.9 Å². The van der Waals surface area contributed by atoms with Gasteiger partial charge in [0.15, 0.2) is 6.29 Å². The summed E-state index contributed by atoms with van der Waals surface area (Å²) in [5.74, 6) is 0.714. The number of rotatable bonds is 4. The fraction of sp³-hybridized carbons (Fsp3) is 0.0556. The molecule has 3 aromatic rings. The maximum absolute atomic E-state index is 11.6. The Balaban J connectivity index is 2.04. The van der Waals surface area contributed by atoms with Gasteiger partial charge in [-0.25, -0.2) is 9.97 Å².